The summed E-state index contributed by atoms with van der Waals surface area (Å²) in [6.07, 6.45) is 10.5. The van der Waals surface area contributed by atoms with Gasteiger partial charge in [-0.05, 0) is 76.0 Å². The number of benzene rings is 1. The number of hydrogen-bond donors (Lipinski definition) is 2. The summed E-state index contributed by atoms with van der Waals surface area (Å²) in [5.41, 5.74) is 9.55. The maximum absolute atomic E-state index is 12.9. The van der Waals surface area contributed by atoms with Crippen molar-refractivity contribution in [2.75, 3.05) is 0 Å². The van der Waals surface area contributed by atoms with Gasteiger partial charge in [0.1, 0.15) is 0 Å². The number of pyridine rings is 1. The second-order valence-corrected chi connectivity index (χ2v) is 9.87. The molecule has 4 heteroatoms. The first kappa shape index (κ1) is 21.6. The maximum Gasteiger partial charge on any atom is 0.251 e. The standard InChI is InChI=1S/C26H39N3O/c1-4-5-12-25(29-17(2)8-6-9-18(29)3)21-10-7-11-24-23(21)16-22(26(30)28-24)19-13-14-20(27)15-19/h7,10-11,16-20,25H,4-6,8-9,12-15,27H2,1-3H3,(H,28,30). The average Bonchev–Trinajstić information content (AvgIpc) is 3.15. The maximum atomic E-state index is 12.9. The van der Waals surface area contributed by atoms with Crippen LogP contribution in [0.4, 0.5) is 0 Å². The molecule has 1 aliphatic carbocycles. The van der Waals surface area contributed by atoms with Crippen LogP contribution in [-0.4, -0.2) is 28.0 Å². The fourth-order valence-electron chi connectivity index (χ4n) is 6.08. The SMILES string of the molecule is CCCCC(c1cccc2[nH]c(=O)c(C3CCC(N)C3)cc12)N1C(C)CCCC1C. The number of piperidine rings is 1. The van der Waals surface area contributed by atoms with Crippen molar-refractivity contribution in [1.82, 2.24) is 9.88 Å². The lowest BCUT2D eigenvalue weighted by Crippen LogP contribution is -2.46. The van der Waals surface area contributed by atoms with E-state index in [-0.39, 0.29) is 11.6 Å². The van der Waals surface area contributed by atoms with Crippen LogP contribution in [0.15, 0.2) is 29.1 Å². The predicted molar refractivity (Wildman–Crippen MR) is 126 cm³/mol. The molecule has 1 saturated heterocycles. The van der Waals surface area contributed by atoms with E-state index in [0.717, 1.165) is 30.3 Å². The Kier molecular flexibility index (Phi) is 6.64. The lowest BCUT2D eigenvalue weighted by molar-refractivity contribution is 0.0496. The molecule has 5 atom stereocenters. The van der Waals surface area contributed by atoms with Crippen LogP contribution >= 0.6 is 0 Å². The van der Waals surface area contributed by atoms with Crippen LogP contribution in [0.2, 0.25) is 0 Å². The molecule has 2 aromatic rings. The molecule has 1 aliphatic heterocycles. The first-order valence-corrected chi connectivity index (χ1v) is 12.2. The fraction of sp³-hybridized carbons (Fsp3) is 0.654. The van der Waals surface area contributed by atoms with E-state index >= 15 is 0 Å². The third-order valence-electron chi connectivity index (χ3n) is 7.67. The number of nitrogens with two attached hydrogens (primary N) is 1. The van der Waals surface area contributed by atoms with Crippen molar-refractivity contribution in [2.24, 2.45) is 5.73 Å². The minimum atomic E-state index is 0.0727. The van der Waals surface area contributed by atoms with E-state index in [4.69, 9.17) is 5.73 Å². The highest BCUT2D eigenvalue weighted by molar-refractivity contribution is 5.83. The van der Waals surface area contributed by atoms with E-state index in [0.29, 0.717) is 24.0 Å². The molecule has 2 heterocycles. The Morgan fingerprint density at radius 2 is 1.93 bits per heavy atom. The number of unbranched alkanes of at least 4 members (excludes halogenated alkanes) is 1. The smallest absolute Gasteiger partial charge is 0.251 e. The molecule has 4 nitrogen and oxygen atoms in total. The van der Waals surface area contributed by atoms with Crippen molar-refractivity contribution in [3.63, 3.8) is 0 Å². The van der Waals surface area contributed by atoms with E-state index < -0.39 is 0 Å². The molecule has 4 rings (SSSR count). The lowest BCUT2D eigenvalue weighted by Gasteiger charge is -2.45. The third kappa shape index (κ3) is 4.22. The summed E-state index contributed by atoms with van der Waals surface area (Å²) in [4.78, 5) is 18.9. The minimum Gasteiger partial charge on any atom is -0.328 e. The molecule has 5 unspecified atom stereocenters. The first-order valence-electron chi connectivity index (χ1n) is 12.2. The number of rotatable bonds is 6. The van der Waals surface area contributed by atoms with Gasteiger partial charge in [0.25, 0.3) is 5.56 Å². The van der Waals surface area contributed by atoms with Crippen LogP contribution in [-0.2, 0) is 0 Å². The molecule has 30 heavy (non-hydrogen) atoms. The Morgan fingerprint density at radius 3 is 2.60 bits per heavy atom. The minimum absolute atomic E-state index is 0.0727. The van der Waals surface area contributed by atoms with Crippen LogP contribution in [0.1, 0.15) is 102 Å². The van der Waals surface area contributed by atoms with Crippen molar-refractivity contribution in [1.29, 1.82) is 0 Å². The molecule has 0 spiro atoms. The molecule has 1 aromatic heterocycles. The highest BCUT2D eigenvalue weighted by Crippen LogP contribution is 2.39. The van der Waals surface area contributed by atoms with Crippen LogP contribution < -0.4 is 11.3 Å². The Hall–Kier alpha value is -1.65. The van der Waals surface area contributed by atoms with Gasteiger partial charge in [-0.1, -0.05) is 38.3 Å². The van der Waals surface area contributed by atoms with Crippen LogP contribution in [0.5, 0.6) is 0 Å². The second kappa shape index (κ2) is 9.23. The van der Waals surface area contributed by atoms with Crippen molar-refractivity contribution < 1.29 is 0 Å². The largest absolute Gasteiger partial charge is 0.328 e. The topological polar surface area (TPSA) is 62.1 Å². The quantitative estimate of drug-likeness (QED) is 0.651. The number of nitrogens with one attached hydrogen (secondary N) is 1. The highest BCUT2D eigenvalue weighted by Gasteiger charge is 2.33. The number of H-pyrrole nitrogens is 1. The van der Waals surface area contributed by atoms with Gasteiger partial charge in [-0.15, -0.1) is 0 Å². The van der Waals surface area contributed by atoms with E-state index in [1.807, 2.05) is 0 Å². The van der Waals surface area contributed by atoms with E-state index in [9.17, 15) is 4.79 Å². The Balaban J connectivity index is 1.80. The number of likely N-dealkylation sites (tertiary alicyclic amines) is 1. The zero-order chi connectivity index (χ0) is 21.3. The van der Waals surface area contributed by atoms with Gasteiger partial charge in [0.05, 0.1) is 0 Å². The number of hydrogen-bond acceptors (Lipinski definition) is 3. The molecule has 1 aromatic carbocycles. The van der Waals surface area contributed by atoms with Crippen molar-refractivity contribution >= 4 is 10.9 Å². The lowest BCUT2D eigenvalue weighted by atomic mass is 9.88. The predicted octanol–water partition coefficient (Wildman–Crippen LogP) is 5.62. The Morgan fingerprint density at radius 1 is 1.17 bits per heavy atom. The van der Waals surface area contributed by atoms with Crippen LogP contribution in [0.25, 0.3) is 10.9 Å². The summed E-state index contributed by atoms with van der Waals surface area (Å²) in [5, 5.41) is 1.23. The number of fused-ring (bicyclic) bond motifs is 1. The fourth-order valence-corrected chi connectivity index (χ4v) is 6.08. The first-order chi connectivity index (χ1) is 14.5. The van der Waals surface area contributed by atoms with Gasteiger partial charge in [0.2, 0.25) is 0 Å². The van der Waals surface area contributed by atoms with Crippen LogP contribution in [0.3, 0.4) is 0 Å². The molecule has 0 bridgehead atoms. The molecule has 164 valence electrons. The number of aromatic amines is 1. The zero-order valence-electron chi connectivity index (χ0n) is 19.0. The molecule has 2 fully saturated rings. The Bertz CT molecular complexity index is 910. The summed E-state index contributed by atoms with van der Waals surface area (Å²) in [6, 6.07) is 10.5. The van der Waals surface area contributed by atoms with Crippen molar-refractivity contribution in [2.45, 2.75) is 109 Å². The summed E-state index contributed by atoms with van der Waals surface area (Å²) in [7, 11) is 0. The van der Waals surface area contributed by atoms with Gasteiger partial charge in [0.15, 0.2) is 0 Å². The summed E-state index contributed by atoms with van der Waals surface area (Å²) < 4.78 is 0. The van der Waals surface area contributed by atoms with E-state index in [1.165, 1.54) is 49.5 Å². The molecule has 3 N–H and O–H groups in total. The summed E-state index contributed by atoms with van der Waals surface area (Å²) in [5.74, 6) is 0.295. The number of aromatic nitrogens is 1. The van der Waals surface area contributed by atoms with Gasteiger partial charge >= 0.3 is 0 Å². The van der Waals surface area contributed by atoms with E-state index in [2.05, 4.69) is 54.9 Å². The zero-order valence-corrected chi connectivity index (χ0v) is 19.0. The summed E-state index contributed by atoms with van der Waals surface area (Å²) >= 11 is 0. The van der Waals surface area contributed by atoms with Crippen molar-refractivity contribution in [3.05, 3.63) is 45.7 Å². The molecular weight excluding hydrogens is 370 g/mol. The highest BCUT2D eigenvalue weighted by atomic mass is 16.1. The monoisotopic (exact) mass is 409 g/mol. The molecular formula is C26H39N3O. The molecule has 2 aliphatic rings. The van der Waals surface area contributed by atoms with Gasteiger partial charge in [-0.2, -0.15) is 0 Å². The second-order valence-electron chi connectivity index (χ2n) is 9.87. The van der Waals surface area contributed by atoms with Crippen LogP contribution in [0, 0.1) is 0 Å². The van der Waals surface area contributed by atoms with Gasteiger partial charge in [0, 0.05) is 40.6 Å². The normalized spacial score (nSPS) is 28.8. The molecule has 1 saturated carbocycles. The van der Waals surface area contributed by atoms with Gasteiger partial charge < -0.3 is 10.7 Å². The molecule has 0 amide bonds. The third-order valence-corrected chi connectivity index (χ3v) is 7.67. The average molecular weight is 410 g/mol. The Labute approximate surface area is 181 Å². The van der Waals surface area contributed by atoms with Crippen molar-refractivity contribution in [3.8, 4) is 0 Å². The summed E-state index contributed by atoms with van der Waals surface area (Å²) in [6.45, 7) is 7.07. The van der Waals surface area contributed by atoms with Gasteiger partial charge in [-0.3, -0.25) is 9.69 Å². The number of nitrogens with zero attached hydrogens (tertiary/aromatic N) is 1. The molecule has 0 radical (unpaired) electrons. The van der Waals surface area contributed by atoms with Gasteiger partial charge in [-0.25, -0.2) is 0 Å². The van der Waals surface area contributed by atoms with E-state index in [1.54, 1.807) is 0 Å².